The van der Waals surface area contributed by atoms with Crippen LogP contribution in [0.15, 0.2) is 36.4 Å². The third-order valence-electron chi connectivity index (χ3n) is 8.37. The molecule has 2 fully saturated rings. The molecule has 2 aromatic carbocycles. The van der Waals surface area contributed by atoms with E-state index in [-0.39, 0.29) is 34.2 Å². The number of nitrogens with zero attached hydrogens (tertiary/aromatic N) is 4. The first kappa shape index (κ1) is 30.8. The number of likely N-dealkylation sites (tertiary alicyclic amines) is 2. The predicted octanol–water partition coefficient (Wildman–Crippen LogP) is 6.82. The highest BCUT2D eigenvalue weighted by atomic mass is 19.4. The number of aromatic nitrogens is 1. The van der Waals surface area contributed by atoms with E-state index >= 15 is 0 Å². The number of esters is 1. The number of ether oxygens (including phenoxy) is 2. The van der Waals surface area contributed by atoms with Gasteiger partial charge in [0.05, 0.1) is 41.1 Å². The number of carbonyl (C=O) groups is 1. The van der Waals surface area contributed by atoms with Crippen LogP contribution in [0, 0.1) is 11.3 Å². The Balaban J connectivity index is 1.64. The summed E-state index contributed by atoms with van der Waals surface area (Å²) in [5, 5.41) is 10.3. The Kier molecular flexibility index (Phi) is 9.23. The van der Waals surface area contributed by atoms with Gasteiger partial charge in [0.2, 0.25) is 0 Å². The van der Waals surface area contributed by atoms with Crippen molar-refractivity contribution in [2.24, 2.45) is 0 Å². The van der Waals surface area contributed by atoms with Crippen molar-refractivity contribution in [3.8, 4) is 23.1 Å². The highest BCUT2D eigenvalue weighted by molar-refractivity contribution is 6.07. The van der Waals surface area contributed by atoms with Gasteiger partial charge in [0.1, 0.15) is 11.8 Å². The number of benzene rings is 2. The summed E-state index contributed by atoms with van der Waals surface area (Å²) in [6.45, 7) is 7.76. The molecule has 0 spiro atoms. The van der Waals surface area contributed by atoms with E-state index in [0.29, 0.717) is 29.1 Å². The third kappa shape index (κ3) is 6.78. The van der Waals surface area contributed by atoms with E-state index in [2.05, 4.69) is 15.9 Å². The van der Waals surface area contributed by atoms with Crippen LogP contribution >= 0.6 is 0 Å². The van der Waals surface area contributed by atoms with Gasteiger partial charge in [-0.3, -0.25) is 4.90 Å². The molecule has 0 saturated carbocycles. The largest absolute Gasteiger partial charge is 0.490 e. The van der Waals surface area contributed by atoms with E-state index in [4.69, 9.17) is 14.5 Å². The first-order valence-electron chi connectivity index (χ1n) is 14.9. The van der Waals surface area contributed by atoms with Gasteiger partial charge in [0.25, 0.3) is 0 Å². The lowest BCUT2D eigenvalue weighted by Crippen LogP contribution is -2.46. The molecule has 0 aliphatic carbocycles. The molecule has 0 unspecified atom stereocenters. The average molecular weight is 595 g/mol. The zero-order valence-electron chi connectivity index (χ0n) is 24.8. The smallest absolute Gasteiger partial charge is 0.416 e. The second-order valence-corrected chi connectivity index (χ2v) is 11.6. The highest BCUT2D eigenvalue weighted by Gasteiger charge is 2.32. The SMILES string of the molecule is COC(=O)c1c(CN2CCC(N3CCCCC3)CC2)c(-c2cccc(C(F)(F)F)c2)nc2cc(OC(C)C)c(C#N)cc12. The number of hydrogen-bond donors (Lipinski definition) is 0. The molecular weight excluding hydrogens is 557 g/mol. The van der Waals surface area contributed by atoms with Crippen LogP contribution in [0.4, 0.5) is 13.2 Å². The molecule has 228 valence electrons. The van der Waals surface area contributed by atoms with Crippen LogP contribution in [0.1, 0.15) is 73.0 Å². The van der Waals surface area contributed by atoms with Gasteiger partial charge >= 0.3 is 12.1 Å². The number of alkyl halides is 3. The third-order valence-corrected chi connectivity index (χ3v) is 8.37. The molecule has 43 heavy (non-hydrogen) atoms. The van der Waals surface area contributed by atoms with E-state index in [1.54, 1.807) is 18.2 Å². The average Bonchev–Trinajstić information content (AvgIpc) is 3.00. The summed E-state index contributed by atoms with van der Waals surface area (Å²) >= 11 is 0. The van der Waals surface area contributed by atoms with Crippen LogP contribution < -0.4 is 4.74 Å². The lowest BCUT2D eigenvalue weighted by molar-refractivity contribution is -0.137. The number of methoxy groups -OCH3 is 1. The Labute approximate surface area is 250 Å². The minimum atomic E-state index is -4.55. The number of fused-ring (bicyclic) bond motifs is 1. The molecule has 2 saturated heterocycles. The van der Waals surface area contributed by atoms with Crippen molar-refractivity contribution in [2.75, 3.05) is 33.3 Å². The molecule has 10 heteroatoms. The summed E-state index contributed by atoms with van der Waals surface area (Å²) in [6, 6.07) is 10.8. The van der Waals surface area contributed by atoms with Gasteiger partial charge in [-0.25, -0.2) is 9.78 Å². The zero-order chi connectivity index (χ0) is 30.7. The number of pyridine rings is 1. The maximum atomic E-state index is 13.8. The van der Waals surface area contributed by atoms with Gasteiger partial charge in [-0.15, -0.1) is 0 Å². The predicted molar refractivity (Wildman–Crippen MR) is 158 cm³/mol. The summed E-state index contributed by atoms with van der Waals surface area (Å²) in [5.41, 5.74) is 0.960. The number of halogens is 3. The van der Waals surface area contributed by atoms with Crippen LogP contribution in [-0.2, 0) is 17.5 Å². The van der Waals surface area contributed by atoms with Crippen LogP contribution in [0.3, 0.4) is 0 Å². The molecule has 5 rings (SSSR count). The van der Waals surface area contributed by atoms with Crippen molar-refractivity contribution in [1.29, 1.82) is 5.26 Å². The lowest BCUT2D eigenvalue weighted by atomic mass is 9.93. The first-order chi connectivity index (χ1) is 20.6. The summed E-state index contributed by atoms with van der Waals surface area (Å²) in [5.74, 6) is -0.351. The molecule has 0 N–H and O–H groups in total. The molecule has 0 radical (unpaired) electrons. The van der Waals surface area contributed by atoms with E-state index in [9.17, 15) is 23.2 Å². The first-order valence-corrected chi connectivity index (χ1v) is 14.9. The fourth-order valence-corrected chi connectivity index (χ4v) is 6.29. The van der Waals surface area contributed by atoms with Crippen molar-refractivity contribution in [3.63, 3.8) is 0 Å². The molecule has 0 amide bonds. The Morgan fingerprint density at radius 3 is 2.44 bits per heavy atom. The number of carbonyl (C=O) groups excluding carboxylic acids is 1. The highest BCUT2D eigenvalue weighted by Crippen LogP contribution is 2.38. The topological polar surface area (TPSA) is 78.7 Å². The number of nitriles is 1. The minimum Gasteiger partial charge on any atom is -0.490 e. The molecule has 0 bridgehead atoms. The fourth-order valence-electron chi connectivity index (χ4n) is 6.29. The summed E-state index contributed by atoms with van der Waals surface area (Å²) in [6.07, 6.45) is 0.885. The van der Waals surface area contributed by atoms with Crippen molar-refractivity contribution in [3.05, 3.63) is 58.7 Å². The monoisotopic (exact) mass is 594 g/mol. The van der Waals surface area contributed by atoms with E-state index in [1.165, 1.54) is 32.4 Å². The normalized spacial score (nSPS) is 17.3. The van der Waals surface area contributed by atoms with Gasteiger partial charge in [-0.1, -0.05) is 18.6 Å². The van der Waals surface area contributed by atoms with E-state index in [0.717, 1.165) is 51.2 Å². The molecule has 3 aromatic rings. The van der Waals surface area contributed by atoms with Crippen LogP contribution in [0.25, 0.3) is 22.2 Å². The molecule has 1 aromatic heterocycles. The van der Waals surface area contributed by atoms with Gasteiger partial charge in [0.15, 0.2) is 0 Å². The van der Waals surface area contributed by atoms with Crippen LogP contribution in [0.5, 0.6) is 5.75 Å². The summed E-state index contributed by atoms with van der Waals surface area (Å²) in [7, 11) is 1.27. The van der Waals surface area contributed by atoms with Crippen LogP contribution in [-0.4, -0.2) is 66.2 Å². The van der Waals surface area contributed by atoms with Crippen molar-refractivity contribution in [2.45, 2.75) is 70.8 Å². The molecule has 0 atom stereocenters. The Morgan fingerprint density at radius 1 is 1.09 bits per heavy atom. The molecule has 3 heterocycles. The van der Waals surface area contributed by atoms with E-state index < -0.39 is 17.7 Å². The Hall–Kier alpha value is -3.68. The maximum absolute atomic E-state index is 13.8. The van der Waals surface area contributed by atoms with Gasteiger partial charge in [-0.05, 0) is 83.9 Å². The second kappa shape index (κ2) is 12.9. The molecule has 7 nitrogen and oxygen atoms in total. The maximum Gasteiger partial charge on any atom is 0.416 e. The summed E-state index contributed by atoms with van der Waals surface area (Å²) in [4.78, 5) is 23.1. The number of hydrogen-bond acceptors (Lipinski definition) is 7. The number of rotatable bonds is 7. The van der Waals surface area contributed by atoms with Gasteiger partial charge < -0.3 is 14.4 Å². The quantitative estimate of drug-likeness (QED) is 0.278. The summed E-state index contributed by atoms with van der Waals surface area (Å²) < 4.78 is 52.4. The van der Waals surface area contributed by atoms with Crippen molar-refractivity contribution < 1.29 is 27.4 Å². The van der Waals surface area contributed by atoms with Crippen molar-refractivity contribution >= 4 is 16.9 Å². The lowest BCUT2D eigenvalue weighted by Gasteiger charge is -2.40. The zero-order valence-corrected chi connectivity index (χ0v) is 24.8. The van der Waals surface area contributed by atoms with Gasteiger partial charge in [0, 0.05) is 35.2 Å². The fraction of sp³-hybridized carbons (Fsp3) is 0.485. The molecule has 2 aliphatic heterocycles. The Bertz CT molecular complexity index is 1520. The molecule has 2 aliphatic rings. The second-order valence-electron chi connectivity index (χ2n) is 11.6. The standard InChI is InChI=1S/C33H37F3N4O3/c1-21(2)43-29-18-28-26(17-23(29)19-37)30(32(41)42-3)27(31(38-28)22-8-7-9-24(16-22)33(34,35)36)20-39-14-10-25(11-15-39)40-12-5-4-6-13-40/h7-9,16-18,21,25H,4-6,10-15,20H2,1-3H3. The number of piperidine rings is 2. The van der Waals surface area contributed by atoms with Crippen LogP contribution in [0.2, 0.25) is 0 Å². The van der Waals surface area contributed by atoms with Crippen molar-refractivity contribution in [1.82, 2.24) is 14.8 Å². The minimum absolute atomic E-state index is 0.200. The molecular formula is C33H37F3N4O3. The van der Waals surface area contributed by atoms with E-state index in [1.807, 2.05) is 13.8 Å². The Morgan fingerprint density at radius 2 is 1.81 bits per heavy atom. The van der Waals surface area contributed by atoms with Gasteiger partial charge in [-0.2, -0.15) is 18.4 Å².